The van der Waals surface area contributed by atoms with Gasteiger partial charge in [0.1, 0.15) is 0 Å². The molecule has 0 fully saturated rings. The van der Waals surface area contributed by atoms with Gasteiger partial charge in [-0.25, -0.2) is 0 Å². The normalized spacial score (nSPS) is 11.7. The molecule has 2 aromatic carbocycles. The van der Waals surface area contributed by atoms with E-state index in [1.807, 2.05) is 51.1 Å². The van der Waals surface area contributed by atoms with Crippen LogP contribution >= 0.6 is 7.80 Å². The van der Waals surface area contributed by atoms with Crippen LogP contribution in [0.1, 0.15) is 27.0 Å². The number of allylic oxidation sites excluding steroid dienone is 1. The van der Waals surface area contributed by atoms with Gasteiger partial charge in [0, 0.05) is 11.6 Å². The van der Waals surface area contributed by atoms with Gasteiger partial charge in [0.05, 0.1) is 0 Å². The van der Waals surface area contributed by atoms with Crippen molar-refractivity contribution < 1.29 is 9.36 Å². The minimum absolute atomic E-state index is 0.0933. The molecule has 2 aromatic rings. The first-order valence-corrected chi connectivity index (χ1v) is 8.13. The van der Waals surface area contributed by atoms with E-state index in [0.717, 1.165) is 22.0 Å². The molecule has 0 bridgehead atoms. The molecular formula is C18H18O2P+. The molecule has 0 spiro atoms. The Labute approximate surface area is 126 Å². The van der Waals surface area contributed by atoms with Crippen molar-refractivity contribution in [2.24, 2.45) is 0 Å². The Balaban J connectivity index is 2.23. The van der Waals surface area contributed by atoms with Gasteiger partial charge >= 0.3 is 7.80 Å². The predicted molar refractivity (Wildman–Crippen MR) is 87.8 cm³/mol. The van der Waals surface area contributed by atoms with Gasteiger partial charge in [-0.1, -0.05) is 40.5 Å². The Kier molecular flexibility index (Phi) is 4.82. The average molecular weight is 297 g/mol. The van der Waals surface area contributed by atoms with E-state index in [4.69, 9.17) is 0 Å². The van der Waals surface area contributed by atoms with E-state index in [1.54, 1.807) is 12.1 Å². The molecule has 0 heterocycles. The lowest BCUT2D eigenvalue weighted by atomic mass is 9.97. The molecule has 2 nitrogen and oxygen atoms in total. The van der Waals surface area contributed by atoms with E-state index in [0.29, 0.717) is 5.56 Å². The lowest BCUT2D eigenvalue weighted by Crippen LogP contribution is -2.02. The van der Waals surface area contributed by atoms with E-state index in [2.05, 4.69) is 0 Å². The van der Waals surface area contributed by atoms with E-state index in [-0.39, 0.29) is 5.78 Å². The predicted octanol–water partition coefficient (Wildman–Crippen LogP) is 4.46. The summed E-state index contributed by atoms with van der Waals surface area (Å²) in [6, 6.07) is 13.1. The Morgan fingerprint density at radius 1 is 1.00 bits per heavy atom. The monoisotopic (exact) mass is 297 g/mol. The highest BCUT2D eigenvalue weighted by Crippen LogP contribution is 2.23. The molecule has 0 aliphatic carbocycles. The lowest BCUT2D eigenvalue weighted by Gasteiger charge is -2.07. The minimum Gasteiger partial charge on any atom is -0.289 e. The van der Waals surface area contributed by atoms with E-state index in [1.165, 1.54) is 11.9 Å². The summed E-state index contributed by atoms with van der Waals surface area (Å²) in [6.45, 7) is 5.87. The molecule has 0 aliphatic rings. The van der Waals surface area contributed by atoms with Crippen LogP contribution in [0.3, 0.4) is 0 Å². The van der Waals surface area contributed by atoms with Crippen LogP contribution in [-0.2, 0) is 4.57 Å². The van der Waals surface area contributed by atoms with Crippen molar-refractivity contribution in [3.8, 4) is 0 Å². The van der Waals surface area contributed by atoms with Gasteiger partial charge in [-0.05, 0) is 44.0 Å². The first-order chi connectivity index (χ1) is 9.99. The van der Waals surface area contributed by atoms with Crippen LogP contribution in [0.15, 0.2) is 54.4 Å². The number of benzene rings is 2. The summed E-state index contributed by atoms with van der Waals surface area (Å²) in [4.78, 5) is 12.3. The second-order valence-electron chi connectivity index (χ2n) is 5.12. The molecule has 2 rings (SSSR count). The van der Waals surface area contributed by atoms with Crippen molar-refractivity contribution in [1.82, 2.24) is 0 Å². The summed E-state index contributed by atoms with van der Waals surface area (Å²) in [5.41, 5.74) is 3.75. The SMILES string of the molecule is Cc1cc(C)c(C(=O)C=C[P+](=O)c2ccccc2)c(C)c1. The second-order valence-corrected chi connectivity index (χ2v) is 6.58. The first-order valence-electron chi connectivity index (χ1n) is 6.81. The van der Waals surface area contributed by atoms with Gasteiger partial charge in [0.2, 0.25) is 0 Å². The van der Waals surface area contributed by atoms with Crippen LogP contribution in [-0.4, -0.2) is 5.78 Å². The zero-order chi connectivity index (χ0) is 15.4. The summed E-state index contributed by atoms with van der Waals surface area (Å²) in [5, 5.41) is 0.730. The maximum atomic E-state index is 12.3. The smallest absolute Gasteiger partial charge is 0.289 e. The lowest BCUT2D eigenvalue weighted by molar-refractivity contribution is 0.104. The summed E-state index contributed by atoms with van der Waals surface area (Å²) >= 11 is 0. The number of aryl methyl sites for hydroxylation is 3. The third-order valence-electron chi connectivity index (χ3n) is 3.30. The average Bonchev–Trinajstić information content (AvgIpc) is 2.44. The standard InChI is InChI=1S/C18H18O2P/c1-13-11-14(2)18(15(3)12-13)17(19)9-10-21(20)16-7-5-4-6-8-16/h4-12H,1-3H3/q+1. The third-order valence-corrected chi connectivity index (χ3v) is 4.52. The topological polar surface area (TPSA) is 34.1 Å². The first kappa shape index (κ1) is 15.3. The highest BCUT2D eigenvalue weighted by Gasteiger charge is 2.17. The maximum absolute atomic E-state index is 12.3. The van der Waals surface area contributed by atoms with Gasteiger partial charge < -0.3 is 0 Å². The molecule has 106 valence electrons. The van der Waals surface area contributed by atoms with Crippen LogP contribution < -0.4 is 5.30 Å². The van der Waals surface area contributed by atoms with Gasteiger partial charge in [0.25, 0.3) is 0 Å². The molecular weight excluding hydrogens is 279 g/mol. The number of rotatable bonds is 4. The fraction of sp³-hybridized carbons (Fsp3) is 0.167. The second kappa shape index (κ2) is 6.60. The largest absolute Gasteiger partial charge is 0.407 e. The van der Waals surface area contributed by atoms with Gasteiger partial charge in [0.15, 0.2) is 16.9 Å². The van der Waals surface area contributed by atoms with Gasteiger partial charge in [-0.15, -0.1) is 0 Å². The summed E-state index contributed by atoms with van der Waals surface area (Å²) in [5.74, 6) is 1.40. The van der Waals surface area contributed by atoms with Crippen LogP contribution in [0.25, 0.3) is 0 Å². The van der Waals surface area contributed by atoms with E-state index >= 15 is 0 Å². The summed E-state index contributed by atoms with van der Waals surface area (Å²) in [6.07, 6.45) is 1.43. The number of hydrogen-bond donors (Lipinski definition) is 0. The molecule has 0 radical (unpaired) electrons. The van der Waals surface area contributed by atoms with Crippen molar-refractivity contribution in [1.29, 1.82) is 0 Å². The molecule has 0 amide bonds. The van der Waals surface area contributed by atoms with Crippen molar-refractivity contribution >= 4 is 18.9 Å². The van der Waals surface area contributed by atoms with Crippen LogP contribution in [0, 0.1) is 20.8 Å². The minimum atomic E-state index is -1.68. The Bertz CT molecular complexity index is 692. The van der Waals surface area contributed by atoms with Gasteiger partial charge in [-0.3, -0.25) is 4.79 Å². The Morgan fingerprint density at radius 3 is 2.14 bits per heavy atom. The molecule has 1 atom stereocenters. The highest BCUT2D eigenvalue weighted by molar-refractivity contribution is 7.56. The van der Waals surface area contributed by atoms with Crippen molar-refractivity contribution in [3.05, 3.63) is 76.6 Å². The molecule has 21 heavy (non-hydrogen) atoms. The van der Waals surface area contributed by atoms with Crippen molar-refractivity contribution in [2.45, 2.75) is 20.8 Å². The van der Waals surface area contributed by atoms with Crippen LogP contribution in [0.2, 0.25) is 0 Å². The molecule has 0 saturated heterocycles. The van der Waals surface area contributed by atoms with Gasteiger partial charge in [-0.2, -0.15) is 0 Å². The van der Waals surface area contributed by atoms with E-state index in [9.17, 15) is 9.36 Å². The molecule has 0 aliphatic heterocycles. The van der Waals surface area contributed by atoms with Crippen LogP contribution in [0.5, 0.6) is 0 Å². The zero-order valence-electron chi connectivity index (χ0n) is 12.5. The number of carbonyl (C=O) groups excluding carboxylic acids is 1. The van der Waals surface area contributed by atoms with Crippen LogP contribution in [0.4, 0.5) is 0 Å². The maximum Gasteiger partial charge on any atom is 0.407 e. The molecule has 0 aromatic heterocycles. The van der Waals surface area contributed by atoms with Crippen molar-refractivity contribution in [2.75, 3.05) is 0 Å². The Hall–Kier alpha value is -2.05. The molecule has 0 saturated carbocycles. The zero-order valence-corrected chi connectivity index (χ0v) is 13.4. The highest BCUT2D eigenvalue weighted by atomic mass is 31.1. The fourth-order valence-corrected chi connectivity index (χ4v) is 3.36. The molecule has 3 heteroatoms. The number of ketones is 1. The summed E-state index contributed by atoms with van der Waals surface area (Å²) in [7, 11) is -1.68. The molecule has 0 N–H and O–H groups in total. The Morgan fingerprint density at radius 2 is 1.57 bits per heavy atom. The number of hydrogen-bond acceptors (Lipinski definition) is 2. The quantitative estimate of drug-likeness (QED) is 0.474. The molecule has 1 unspecified atom stereocenters. The van der Waals surface area contributed by atoms with E-state index < -0.39 is 7.80 Å². The third kappa shape index (κ3) is 3.74. The summed E-state index contributed by atoms with van der Waals surface area (Å²) < 4.78 is 12.1. The van der Waals surface area contributed by atoms with Crippen molar-refractivity contribution in [3.63, 3.8) is 0 Å². The number of carbonyl (C=O) groups is 1. The fourth-order valence-electron chi connectivity index (χ4n) is 2.45.